The molecule has 4 aromatic rings. The standard InChI is InChI=1S/C20H18FN5OS/c1-12-4-6-15(7-5-12)19-24-23-18(27-19)13(2)28-20-25-22-17(26(20)3)14-8-10-16(21)11-9-14/h4-11,13H,1-3H3/t13-/m0/s1. The predicted molar refractivity (Wildman–Crippen MR) is 105 cm³/mol. The van der Waals surface area contributed by atoms with Gasteiger partial charge in [-0.3, -0.25) is 0 Å². The molecule has 0 fully saturated rings. The van der Waals surface area contributed by atoms with Crippen LogP contribution >= 0.6 is 11.8 Å². The molecule has 0 saturated carbocycles. The average molecular weight is 395 g/mol. The summed E-state index contributed by atoms with van der Waals surface area (Å²) >= 11 is 1.47. The van der Waals surface area contributed by atoms with Gasteiger partial charge in [-0.05, 0) is 50.2 Å². The Balaban J connectivity index is 1.52. The Labute approximate surface area is 165 Å². The molecule has 0 aliphatic rings. The number of thioether (sulfide) groups is 1. The summed E-state index contributed by atoms with van der Waals surface area (Å²) in [6.45, 7) is 4.01. The molecule has 0 unspecified atom stereocenters. The van der Waals surface area contributed by atoms with Crippen molar-refractivity contribution in [1.82, 2.24) is 25.0 Å². The molecule has 2 aromatic heterocycles. The number of nitrogens with zero attached hydrogens (tertiary/aromatic N) is 5. The minimum atomic E-state index is -0.282. The van der Waals surface area contributed by atoms with Crippen molar-refractivity contribution in [1.29, 1.82) is 0 Å². The minimum Gasteiger partial charge on any atom is -0.419 e. The van der Waals surface area contributed by atoms with Gasteiger partial charge in [0.2, 0.25) is 11.8 Å². The first-order valence-corrected chi connectivity index (χ1v) is 9.61. The van der Waals surface area contributed by atoms with Crippen LogP contribution in [0.1, 0.15) is 23.6 Å². The second-order valence-corrected chi connectivity index (χ2v) is 7.75. The Bertz CT molecular complexity index is 1090. The molecule has 4 rings (SSSR count). The van der Waals surface area contributed by atoms with Crippen molar-refractivity contribution in [2.45, 2.75) is 24.3 Å². The molecule has 6 nitrogen and oxygen atoms in total. The maximum Gasteiger partial charge on any atom is 0.247 e. The minimum absolute atomic E-state index is 0.101. The van der Waals surface area contributed by atoms with E-state index in [1.165, 1.54) is 29.5 Å². The van der Waals surface area contributed by atoms with Crippen LogP contribution in [-0.2, 0) is 7.05 Å². The molecular formula is C20H18FN5OS. The molecule has 0 aliphatic heterocycles. The quantitative estimate of drug-likeness (QED) is 0.451. The Hall–Kier alpha value is -3.00. The molecule has 142 valence electrons. The maximum atomic E-state index is 13.1. The SMILES string of the molecule is Cc1ccc(-c2nnc([C@H](C)Sc3nnc(-c4ccc(F)cc4)n3C)o2)cc1. The van der Waals surface area contributed by atoms with E-state index in [2.05, 4.69) is 20.4 Å². The molecule has 0 radical (unpaired) electrons. The summed E-state index contributed by atoms with van der Waals surface area (Å²) in [5.74, 6) is 1.40. The summed E-state index contributed by atoms with van der Waals surface area (Å²) in [4.78, 5) is 0. The summed E-state index contributed by atoms with van der Waals surface area (Å²) in [6.07, 6.45) is 0. The largest absolute Gasteiger partial charge is 0.419 e. The zero-order valence-corrected chi connectivity index (χ0v) is 16.4. The molecular weight excluding hydrogens is 377 g/mol. The van der Waals surface area contributed by atoms with Crippen LogP contribution in [0, 0.1) is 12.7 Å². The molecule has 28 heavy (non-hydrogen) atoms. The zero-order chi connectivity index (χ0) is 19.7. The number of aryl methyl sites for hydroxylation is 1. The van der Waals surface area contributed by atoms with Gasteiger partial charge in [-0.25, -0.2) is 4.39 Å². The van der Waals surface area contributed by atoms with Gasteiger partial charge in [0.05, 0.1) is 5.25 Å². The lowest BCUT2D eigenvalue weighted by Gasteiger charge is -2.07. The first-order chi connectivity index (χ1) is 13.5. The summed E-state index contributed by atoms with van der Waals surface area (Å²) in [6, 6.07) is 14.1. The van der Waals surface area contributed by atoms with Crippen molar-refractivity contribution in [2.24, 2.45) is 7.05 Å². The lowest BCUT2D eigenvalue weighted by atomic mass is 10.1. The summed E-state index contributed by atoms with van der Waals surface area (Å²) in [5.41, 5.74) is 2.86. The van der Waals surface area contributed by atoms with Crippen molar-refractivity contribution in [3.05, 3.63) is 65.8 Å². The van der Waals surface area contributed by atoms with E-state index in [-0.39, 0.29) is 11.1 Å². The first-order valence-electron chi connectivity index (χ1n) is 8.73. The van der Waals surface area contributed by atoms with E-state index in [1.54, 1.807) is 12.1 Å². The van der Waals surface area contributed by atoms with Crippen molar-refractivity contribution in [3.8, 4) is 22.8 Å². The lowest BCUT2D eigenvalue weighted by molar-refractivity contribution is 0.508. The van der Waals surface area contributed by atoms with Crippen LogP contribution in [0.4, 0.5) is 4.39 Å². The number of aromatic nitrogens is 5. The van der Waals surface area contributed by atoms with Gasteiger partial charge in [0.25, 0.3) is 0 Å². The van der Waals surface area contributed by atoms with E-state index in [1.807, 2.05) is 49.7 Å². The Morgan fingerprint density at radius 3 is 2.32 bits per heavy atom. The highest BCUT2D eigenvalue weighted by molar-refractivity contribution is 7.99. The lowest BCUT2D eigenvalue weighted by Crippen LogP contribution is -1.97. The summed E-state index contributed by atoms with van der Waals surface area (Å²) in [7, 11) is 1.87. The monoisotopic (exact) mass is 395 g/mol. The highest BCUT2D eigenvalue weighted by Crippen LogP contribution is 2.35. The van der Waals surface area contributed by atoms with Crippen LogP contribution in [0.15, 0.2) is 58.1 Å². The Kier molecular flexibility index (Phi) is 4.95. The van der Waals surface area contributed by atoms with Gasteiger partial charge >= 0.3 is 0 Å². The normalized spacial score (nSPS) is 12.3. The molecule has 0 N–H and O–H groups in total. The van der Waals surface area contributed by atoms with Gasteiger partial charge in [0.15, 0.2) is 11.0 Å². The third kappa shape index (κ3) is 3.68. The third-order valence-electron chi connectivity index (χ3n) is 4.31. The first kappa shape index (κ1) is 18.4. The van der Waals surface area contributed by atoms with Crippen LogP contribution < -0.4 is 0 Å². The molecule has 2 heterocycles. The fraction of sp³-hybridized carbons (Fsp3) is 0.200. The van der Waals surface area contributed by atoms with Crippen LogP contribution in [0.25, 0.3) is 22.8 Å². The van der Waals surface area contributed by atoms with Gasteiger partial charge in [0.1, 0.15) is 5.82 Å². The fourth-order valence-electron chi connectivity index (χ4n) is 2.69. The third-order valence-corrected chi connectivity index (χ3v) is 5.43. The second kappa shape index (κ2) is 7.55. The van der Waals surface area contributed by atoms with E-state index >= 15 is 0 Å². The molecule has 0 spiro atoms. The van der Waals surface area contributed by atoms with Crippen molar-refractivity contribution in [2.75, 3.05) is 0 Å². The zero-order valence-electron chi connectivity index (χ0n) is 15.6. The van der Waals surface area contributed by atoms with Crippen LogP contribution in [0.3, 0.4) is 0 Å². The topological polar surface area (TPSA) is 69.6 Å². The van der Waals surface area contributed by atoms with Gasteiger partial charge in [0, 0.05) is 18.2 Å². The van der Waals surface area contributed by atoms with E-state index in [0.29, 0.717) is 22.8 Å². The smallest absolute Gasteiger partial charge is 0.247 e. The van der Waals surface area contributed by atoms with Crippen LogP contribution in [-0.4, -0.2) is 25.0 Å². The van der Waals surface area contributed by atoms with Gasteiger partial charge < -0.3 is 8.98 Å². The number of rotatable bonds is 5. The highest BCUT2D eigenvalue weighted by Gasteiger charge is 2.20. The molecule has 1 atom stereocenters. The average Bonchev–Trinajstić information content (AvgIpc) is 3.31. The summed E-state index contributed by atoms with van der Waals surface area (Å²) < 4.78 is 20.9. The van der Waals surface area contributed by atoms with Gasteiger partial charge in [-0.2, -0.15) is 0 Å². The molecule has 0 bridgehead atoms. The van der Waals surface area contributed by atoms with E-state index < -0.39 is 0 Å². The van der Waals surface area contributed by atoms with E-state index in [0.717, 1.165) is 11.1 Å². The number of hydrogen-bond donors (Lipinski definition) is 0. The van der Waals surface area contributed by atoms with E-state index in [4.69, 9.17) is 4.42 Å². The number of hydrogen-bond acceptors (Lipinski definition) is 6. The predicted octanol–water partition coefficient (Wildman–Crippen LogP) is 4.83. The molecule has 0 saturated heterocycles. The Morgan fingerprint density at radius 2 is 1.61 bits per heavy atom. The molecule has 0 amide bonds. The highest BCUT2D eigenvalue weighted by atomic mass is 32.2. The Morgan fingerprint density at radius 1 is 0.929 bits per heavy atom. The maximum absolute atomic E-state index is 13.1. The fourth-order valence-corrected chi connectivity index (χ4v) is 3.53. The van der Waals surface area contributed by atoms with E-state index in [9.17, 15) is 4.39 Å². The molecule has 8 heteroatoms. The summed E-state index contributed by atoms with van der Waals surface area (Å²) in [5, 5.41) is 17.4. The van der Waals surface area contributed by atoms with Crippen LogP contribution in [0.5, 0.6) is 0 Å². The van der Waals surface area contributed by atoms with Gasteiger partial charge in [-0.15, -0.1) is 20.4 Å². The second-order valence-electron chi connectivity index (χ2n) is 6.44. The molecule has 0 aliphatic carbocycles. The van der Waals surface area contributed by atoms with Crippen molar-refractivity contribution in [3.63, 3.8) is 0 Å². The number of benzene rings is 2. The van der Waals surface area contributed by atoms with Crippen LogP contribution in [0.2, 0.25) is 0 Å². The van der Waals surface area contributed by atoms with Crippen molar-refractivity contribution >= 4 is 11.8 Å². The molecule has 2 aromatic carbocycles. The number of halogens is 1. The van der Waals surface area contributed by atoms with Gasteiger partial charge in [-0.1, -0.05) is 29.5 Å². The van der Waals surface area contributed by atoms with Crippen molar-refractivity contribution < 1.29 is 8.81 Å².